The van der Waals surface area contributed by atoms with Crippen LogP contribution >= 0.6 is 0 Å². The first-order chi connectivity index (χ1) is 10.3. The quantitative estimate of drug-likeness (QED) is 0.687. The van der Waals surface area contributed by atoms with Gasteiger partial charge in [0.1, 0.15) is 0 Å². The summed E-state index contributed by atoms with van der Waals surface area (Å²) in [5, 5.41) is 13.1. The van der Waals surface area contributed by atoms with Crippen LogP contribution in [-0.2, 0) is 9.84 Å². The number of anilines is 1. The normalized spacial score (nSPS) is 11.0. The molecule has 0 atom stereocenters. The van der Waals surface area contributed by atoms with Gasteiger partial charge in [0.05, 0.1) is 9.82 Å². The van der Waals surface area contributed by atoms with E-state index in [1.807, 2.05) is 0 Å². The minimum atomic E-state index is -3.31. The van der Waals surface area contributed by atoms with E-state index in [0.29, 0.717) is 5.69 Å². The Hall–Kier alpha value is -2.74. The summed E-state index contributed by atoms with van der Waals surface area (Å²) < 4.78 is 22.7. The average molecular weight is 320 g/mol. The van der Waals surface area contributed by atoms with Gasteiger partial charge < -0.3 is 5.32 Å². The number of nitro groups is 1. The van der Waals surface area contributed by atoms with E-state index >= 15 is 0 Å². The number of nitro benzene ring substituents is 1. The summed E-state index contributed by atoms with van der Waals surface area (Å²) >= 11 is 0. The molecule has 7 nitrogen and oxygen atoms in total. The fourth-order valence-electron chi connectivity index (χ4n) is 1.72. The molecule has 0 fully saturated rings. The van der Waals surface area contributed by atoms with Gasteiger partial charge in [-0.2, -0.15) is 0 Å². The number of sulfone groups is 1. The second kappa shape index (κ2) is 5.94. The molecule has 0 spiro atoms. The highest BCUT2D eigenvalue weighted by molar-refractivity contribution is 7.90. The predicted molar refractivity (Wildman–Crippen MR) is 80.6 cm³/mol. The summed E-state index contributed by atoms with van der Waals surface area (Å²) in [4.78, 5) is 22.1. The number of hydrogen-bond donors (Lipinski definition) is 1. The Kier molecular flexibility index (Phi) is 4.22. The summed E-state index contributed by atoms with van der Waals surface area (Å²) in [6.07, 6.45) is 1.08. The molecule has 0 saturated carbocycles. The minimum absolute atomic E-state index is 0.0736. The maximum Gasteiger partial charge on any atom is 0.269 e. The van der Waals surface area contributed by atoms with Crippen molar-refractivity contribution in [3.8, 4) is 0 Å². The number of benzene rings is 2. The second-order valence-electron chi connectivity index (χ2n) is 4.55. The van der Waals surface area contributed by atoms with E-state index in [-0.39, 0.29) is 16.1 Å². The van der Waals surface area contributed by atoms with Crippen LogP contribution in [0.4, 0.5) is 11.4 Å². The third-order valence-electron chi connectivity index (χ3n) is 2.88. The lowest BCUT2D eigenvalue weighted by molar-refractivity contribution is -0.384. The Balaban J connectivity index is 2.13. The van der Waals surface area contributed by atoms with Crippen molar-refractivity contribution in [2.24, 2.45) is 0 Å². The van der Waals surface area contributed by atoms with E-state index in [1.165, 1.54) is 48.5 Å². The van der Waals surface area contributed by atoms with Gasteiger partial charge in [0.2, 0.25) is 0 Å². The average Bonchev–Trinajstić information content (AvgIpc) is 2.47. The number of nitrogens with one attached hydrogen (secondary N) is 1. The van der Waals surface area contributed by atoms with Crippen molar-refractivity contribution in [1.29, 1.82) is 0 Å². The molecular formula is C14H12N2O5S. The lowest BCUT2D eigenvalue weighted by Gasteiger charge is -2.05. The molecule has 0 radical (unpaired) electrons. The van der Waals surface area contributed by atoms with Crippen molar-refractivity contribution in [2.75, 3.05) is 11.6 Å². The van der Waals surface area contributed by atoms with E-state index in [0.717, 1.165) is 6.26 Å². The van der Waals surface area contributed by atoms with Gasteiger partial charge >= 0.3 is 0 Å². The molecule has 0 bridgehead atoms. The largest absolute Gasteiger partial charge is 0.322 e. The highest BCUT2D eigenvalue weighted by atomic mass is 32.2. The van der Waals surface area contributed by atoms with Crippen LogP contribution in [0.5, 0.6) is 0 Å². The Labute approximate surface area is 126 Å². The topological polar surface area (TPSA) is 106 Å². The van der Waals surface area contributed by atoms with E-state index in [1.54, 1.807) is 0 Å². The van der Waals surface area contributed by atoms with Crippen molar-refractivity contribution >= 4 is 27.1 Å². The van der Waals surface area contributed by atoms with Crippen molar-refractivity contribution in [3.05, 3.63) is 64.2 Å². The molecule has 114 valence electrons. The first-order valence-corrected chi connectivity index (χ1v) is 8.02. The number of carbonyl (C=O) groups excluding carboxylic acids is 1. The number of amides is 1. The zero-order chi connectivity index (χ0) is 16.3. The SMILES string of the molecule is CS(=O)(=O)c1ccc(C(=O)Nc2ccc([N+](=O)[O-])cc2)cc1. The van der Waals surface area contributed by atoms with Crippen LogP contribution in [0.2, 0.25) is 0 Å². The van der Waals surface area contributed by atoms with E-state index < -0.39 is 20.7 Å². The third-order valence-corrected chi connectivity index (χ3v) is 4.01. The molecule has 2 aromatic rings. The van der Waals surface area contributed by atoms with Crippen LogP contribution in [-0.4, -0.2) is 25.5 Å². The zero-order valence-electron chi connectivity index (χ0n) is 11.5. The first-order valence-electron chi connectivity index (χ1n) is 6.13. The number of carbonyl (C=O) groups is 1. The molecule has 8 heteroatoms. The van der Waals surface area contributed by atoms with Gasteiger partial charge in [-0.15, -0.1) is 0 Å². The third kappa shape index (κ3) is 3.67. The van der Waals surface area contributed by atoms with E-state index in [2.05, 4.69) is 5.32 Å². The Bertz CT molecular complexity index is 811. The highest BCUT2D eigenvalue weighted by Gasteiger charge is 2.11. The zero-order valence-corrected chi connectivity index (χ0v) is 12.3. The lowest BCUT2D eigenvalue weighted by atomic mass is 10.2. The van der Waals surface area contributed by atoms with Gasteiger partial charge in [0, 0.05) is 29.6 Å². The van der Waals surface area contributed by atoms with Crippen molar-refractivity contribution in [3.63, 3.8) is 0 Å². The second-order valence-corrected chi connectivity index (χ2v) is 6.57. The summed E-state index contributed by atoms with van der Waals surface area (Å²) in [6, 6.07) is 10.9. The molecule has 0 saturated heterocycles. The number of hydrogen-bond acceptors (Lipinski definition) is 5. The predicted octanol–water partition coefficient (Wildman–Crippen LogP) is 2.25. The molecule has 1 N–H and O–H groups in total. The highest BCUT2D eigenvalue weighted by Crippen LogP contribution is 2.17. The van der Waals surface area contributed by atoms with E-state index in [9.17, 15) is 23.3 Å². The number of rotatable bonds is 4. The molecule has 2 aromatic carbocycles. The minimum Gasteiger partial charge on any atom is -0.322 e. The molecule has 0 aliphatic carbocycles. The van der Waals surface area contributed by atoms with Crippen LogP contribution in [0.3, 0.4) is 0 Å². The summed E-state index contributed by atoms with van der Waals surface area (Å²) in [7, 11) is -3.31. The van der Waals surface area contributed by atoms with Gasteiger partial charge in [-0.1, -0.05) is 0 Å². The molecule has 0 aliphatic rings. The monoisotopic (exact) mass is 320 g/mol. The fraction of sp³-hybridized carbons (Fsp3) is 0.0714. The van der Waals surface area contributed by atoms with Crippen LogP contribution in [0, 0.1) is 10.1 Å². The maximum absolute atomic E-state index is 12.0. The van der Waals surface area contributed by atoms with Crippen LogP contribution < -0.4 is 5.32 Å². The Morgan fingerprint density at radius 2 is 1.59 bits per heavy atom. The van der Waals surface area contributed by atoms with Crippen molar-refractivity contribution in [2.45, 2.75) is 4.90 Å². The van der Waals surface area contributed by atoms with Crippen molar-refractivity contribution in [1.82, 2.24) is 0 Å². The lowest BCUT2D eigenvalue weighted by Crippen LogP contribution is -2.12. The van der Waals surface area contributed by atoms with Crippen molar-refractivity contribution < 1.29 is 18.1 Å². The Morgan fingerprint density at radius 3 is 2.05 bits per heavy atom. The Morgan fingerprint density at radius 1 is 1.05 bits per heavy atom. The molecule has 22 heavy (non-hydrogen) atoms. The van der Waals surface area contributed by atoms with Gasteiger partial charge in [-0.3, -0.25) is 14.9 Å². The summed E-state index contributed by atoms with van der Waals surface area (Å²) in [5.74, 6) is -0.436. The molecule has 1 amide bonds. The summed E-state index contributed by atoms with van der Waals surface area (Å²) in [5.41, 5.74) is 0.615. The molecular weight excluding hydrogens is 308 g/mol. The van der Waals surface area contributed by atoms with E-state index in [4.69, 9.17) is 0 Å². The maximum atomic E-state index is 12.0. The first kappa shape index (κ1) is 15.6. The molecule has 0 aromatic heterocycles. The van der Waals surface area contributed by atoms with Crippen LogP contribution in [0.1, 0.15) is 10.4 Å². The molecule has 0 unspecified atom stereocenters. The molecule has 0 heterocycles. The van der Waals surface area contributed by atoms with Crippen LogP contribution in [0.15, 0.2) is 53.4 Å². The van der Waals surface area contributed by atoms with Gasteiger partial charge in [-0.05, 0) is 36.4 Å². The van der Waals surface area contributed by atoms with Gasteiger partial charge in [-0.25, -0.2) is 8.42 Å². The standard InChI is InChI=1S/C14H12N2O5S/c1-22(20,21)13-8-2-10(3-9-13)14(17)15-11-4-6-12(7-5-11)16(18)19/h2-9H,1H3,(H,15,17). The molecule has 2 rings (SSSR count). The summed E-state index contributed by atoms with van der Waals surface area (Å²) in [6.45, 7) is 0. The smallest absolute Gasteiger partial charge is 0.269 e. The number of non-ortho nitro benzene ring substituents is 1. The van der Waals surface area contributed by atoms with Crippen LogP contribution in [0.25, 0.3) is 0 Å². The number of nitrogens with zero attached hydrogens (tertiary/aromatic N) is 1. The van der Waals surface area contributed by atoms with Gasteiger partial charge in [0.25, 0.3) is 11.6 Å². The van der Waals surface area contributed by atoms with Gasteiger partial charge in [0.15, 0.2) is 9.84 Å². The molecule has 0 aliphatic heterocycles. The fourth-order valence-corrected chi connectivity index (χ4v) is 2.35.